The maximum atomic E-state index is 13.8. The number of carbonyl (C=O) groups is 3. The molecule has 0 saturated carbocycles. The average Bonchev–Trinajstić information content (AvgIpc) is 3.02. The van der Waals surface area contributed by atoms with E-state index in [0.29, 0.717) is 18.9 Å². The van der Waals surface area contributed by atoms with Gasteiger partial charge in [-0.2, -0.15) is 5.10 Å². The summed E-state index contributed by atoms with van der Waals surface area (Å²) in [6.07, 6.45) is 0.738. The Morgan fingerprint density at radius 1 is 1.10 bits per heavy atom. The molecule has 2 N–H and O–H groups in total. The van der Waals surface area contributed by atoms with Gasteiger partial charge in [0.2, 0.25) is 5.91 Å². The molecule has 1 aliphatic rings. The van der Waals surface area contributed by atoms with Crippen LogP contribution in [-0.4, -0.2) is 45.5 Å². The highest BCUT2D eigenvalue weighted by molar-refractivity contribution is 5.94. The molecule has 0 spiro atoms. The minimum absolute atomic E-state index is 0.0177. The Morgan fingerprint density at radius 2 is 1.80 bits per heavy atom. The maximum absolute atomic E-state index is 13.8. The number of nitrogens with zero attached hydrogens (tertiary/aromatic N) is 3. The number of aryl methyl sites for hydroxylation is 2. The van der Waals surface area contributed by atoms with Gasteiger partial charge in [-0.3, -0.25) is 29.9 Å². The van der Waals surface area contributed by atoms with Crippen LogP contribution in [0.2, 0.25) is 0 Å². The summed E-state index contributed by atoms with van der Waals surface area (Å²) in [5.41, 5.74) is 6.21. The van der Waals surface area contributed by atoms with Crippen molar-refractivity contribution in [3.8, 4) is 0 Å². The highest BCUT2D eigenvalue weighted by Crippen LogP contribution is 2.20. The molecular formula is C20H23F2N5O3. The van der Waals surface area contributed by atoms with Gasteiger partial charge in [0, 0.05) is 30.8 Å². The summed E-state index contributed by atoms with van der Waals surface area (Å²) in [4.78, 5) is 38.2. The molecule has 3 rings (SSSR count). The van der Waals surface area contributed by atoms with Gasteiger partial charge in [-0.1, -0.05) is 0 Å². The van der Waals surface area contributed by atoms with Gasteiger partial charge < -0.3 is 4.90 Å². The van der Waals surface area contributed by atoms with Gasteiger partial charge in [0.15, 0.2) is 0 Å². The number of halogens is 2. The minimum atomic E-state index is -0.912. The van der Waals surface area contributed by atoms with E-state index < -0.39 is 23.4 Å². The van der Waals surface area contributed by atoms with Crippen LogP contribution in [0.5, 0.6) is 0 Å². The van der Waals surface area contributed by atoms with Crippen molar-refractivity contribution >= 4 is 17.7 Å². The molecule has 30 heavy (non-hydrogen) atoms. The van der Waals surface area contributed by atoms with Gasteiger partial charge in [-0.05, 0) is 44.9 Å². The number of hydrazine groups is 1. The summed E-state index contributed by atoms with van der Waals surface area (Å²) in [5.74, 6) is -3.35. The van der Waals surface area contributed by atoms with Gasteiger partial charge in [0.1, 0.15) is 18.2 Å². The Kier molecular flexibility index (Phi) is 6.43. The quantitative estimate of drug-likeness (QED) is 0.734. The Hall–Kier alpha value is -3.30. The average molecular weight is 419 g/mol. The molecule has 8 nitrogen and oxygen atoms in total. The molecule has 1 aromatic carbocycles. The maximum Gasteiger partial charge on any atom is 0.260 e. The zero-order valence-corrected chi connectivity index (χ0v) is 16.7. The summed E-state index contributed by atoms with van der Waals surface area (Å²) in [5, 5.41) is 4.19. The van der Waals surface area contributed by atoms with Crippen LogP contribution >= 0.6 is 0 Å². The SMILES string of the molecule is Cc1cc(C)n(CC(=O)NNC(=O)C2CCN(C(=O)c3ccc(F)cc3F)CC2)n1. The van der Waals surface area contributed by atoms with Crippen LogP contribution in [0.4, 0.5) is 8.78 Å². The molecule has 0 unspecified atom stereocenters. The first-order valence-corrected chi connectivity index (χ1v) is 9.58. The topological polar surface area (TPSA) is 96.3 Å². The molecule has 0 radical (unpaired) electrons. The zero-order chi connectivity index (χ0) is 21.8. The molecular weight excluding hydrogens is 396 g/mol. The van der Waals surface area contributed by atoms with Crippen LogP contribution in [-0.2, 0) is 16.1 Å². The van der Waals surface area contributed by atoms with Crippen LogP contribution in [0.1, 0.15) is 34.6 Å². The monoisotopic (exact) mass is 419 g/mol. The number of rotatable bonds is 4. The van der Waals surface area contributed by atoms with Gasteiger partial charge >= 0.3 is 0 Å². The number of likely N-dealkylation sites (tertiary alicyclic amines) is 1. The number of benzene rings is 1. The van der Waals surface area contributed by atoms with E-state index in [9.17, 15) is 23.2 Å². The second kappa shape index (κ2) is 9.02. The third-order valence-electron chi connectivity index (χ3n) is 5.04. The van der Waals surface area contributed by atoms with Crippen molar-refractivity contribution in [1.82, 2.24) is 25.5 Å². The summed E-state index contributed by atoms with van der Waals surface area (Å²) in [7, 11) is 0. The molecule has 0 aliphatic carbocycles. The summed E-state index contributed by atoms with van der Waals surface area (Å²) in [6, 6.07) is 4.66. The van der Waals surface area contributed by atoms with Gasteiger partial charge in [0.25, 0.3) is 11.8 Å². The first-order chi connectivity index (χ1) is 14.2. The summed E-state index contributed by atoms with van der Waals surface area (Å²) >= 11 is 0. The van der Waals surface area contributed by atoms with E-state index in [4.69, 9.17) is 0 Å². The fourth-order valence-electron chi connectivity index (χ4n) is 3.42. The Labute approximate surface area is 172 Å². The van der Waals surface area contributed by atoms with E-state index in [1.807, 2.05) is 19.9 Å². The van der Waals surface area contributed by atoms with Crippen molar-refractivity contribution in [2.75, 3.05) is 13.1 Å². The molecule has 10 heteroatoms. The lowest BCUT2D eigenvalue weighted by atomic mass is 9.95. The lowest BCUT2D eigenvalue weighted by molar-refractivity contribution is -0.132. The fraction of sp³-hybridized carbons (Fsp3) is 0.400. The normalized spacial score (nSPS) is 14.5. The first kappa shape index (κ1) is 21.4. The molecule has 3 amide bonds. The van der Waals surface area contributed by atoms with Gasteiger partial charge in [-0.25, -0.2) is 8.78 Å². The third-order valence-corrected chi connectivity index (χ3v) is 5.04. The number of piperidine rings is 1. The number of amides is 3. The van der Waals surface area contributed by atoms with E-state index in [1.54, 1.807) is 0 Å². The van der Waals surface area contributed by atoms with E-state index in [-0.39, 0.29) is 37.0 Å². The molecule has 1 saturated heterocycles. The van der Waals surface area contributed by atoms with Crippen molar-refractivity contribution in [2.45, 2.75) is 33.2 Å². The van der Waals surface area contributed by atoms with E-state index in [2.05, 4.69) is 16.0 Å². The summed E-state index contributed by atoms with van der Waals surface area (Å²) in [6.45, 7) is 4.15. The number of nitrogens with one attached hydrogen (secondary N) is 2. The number of carbonyl (C=O) groups excluding carboxylic acids is 3. The van der Waals surface area contributed by atoms with Gasteiger partial charge in [-0.15, -0.1) is 0 Å². The predicted octanol–water partition coefficient (Wildman–Crippen LogP) is 1.48. The smallest absolute Gasteiger partial charge is 0.260 e. The van der Waals surface area contributed by atoms with Gasteiger partial charge in [0.05, 0.1) is 11.3 Å². The highest BCUT2D eigenvalue weighted by Gasteiger charge is 2.29. The Bertz CT molecular complexity index is 967. The Morgan fingerprint density at radius 3 is 2.40 bits per heavy atom. The van der Waals surface area contributed by atoms with E-state index in [0.717, 1.165) is 23.5 Å². The van der Waals surface area contributed by atoms with Crippen LogP contribution in [0.25, 0.3) is 0 Å². The minimum Gasteiger partial charge on any atom is -0.339 e. The standard InChI is InChI=1S/C20H23F2N5O3/c1-12-9-13(2)27(25-12)11-18(28)23-24-19(29)14-5-7-26(8-6-14)20(30)16-4-3-15(21)10-17(16)22/h3-4,9-10,14H,5-8,11H2,1-2H3,(H,23,28)(H,24,29). The zero-order valence-electron chi connectivity index (χ0n) is 16.7. The number of aromatic nitrogens is 2. The van der Waals surface area contributed by atoms with E-state index >= 15 is 0 Å². The molecule has 2 aromatic rings. The Balaban J connectivity index is 1.46. The molecule has 1 aliphatic heterocycles. The molecule has 0 bridgehead atoms. The second-order valence-corrected chi connectivity index (χ2v) is 7.31. The van der Waals surface area contributed by atoms with Crippen molar-refractivity contribution in [3.05, 3.63) is 52.9 Å². The fourth-order valence-corrected chi connectivity index (χ4v) is 3.42. The van der Waals surface area contributed by atoms with Crippen LogP contribution in [0.15, 0.2) is 24.3 Å². The lowest BCUT2D eigenvalue weighted by Crippen LogP contribution is -2.49. The van der Waals surface area contributed by atoms with Crippen molar-refractivity contribution in [3.63, 3.8) is 0 Å². The molecule has 0 atom stereocenters. The van der Waals surface area contributed by atoms with Crippen LogP contribution < -0.4 is 10.9 Å². The molecule has 2 heterocycles. The highest BCUT2D eigenvalue weighted by atomic mass is 19.1. The number of hydrogen-bond acceptors (Lipinski definition) is 4. The lowest BCUT2D eigenvalue weighted by Gasteiger charge is -2.31. The molecule has 1 fully saturated rings. The largest absolute Gasteiger partial charge is 0.339 e. The van der Waals surface area contributed by atoms with Crippen LogP contribution in [0, 0.1) is 31.4 Å². The second-order valence-electron chi connectivity index (χ2n) is 7.31. The van der Waals surface area contributed by atoms with E-state index in [1.165, 1.54) is 9.58 Å². The number of hydrogen-bond donors (Lipinski definition) is 2. The van der Waals surface area contributed by atoms with Crippen molar-refractivity contribution in [2.24, 2.45) is 5.92 Å². The first-order valence-electron chi connectivity index (χ1n) is 9.58. The van der Waals surface area contributed by atoms with Crippen molar-refractivity contribution in [1.29, 1.82) is 0 Å². The van der Waals surface area contributed by atoms with Crippen molar-refractivity contribution < 1.29 is 23.2 Å². The summed E-state index contributed by atoms with van der Waals surface area (Å²) < 4.78 is 28.4. The predicted molar refractivity (Wildman–Crippen MR) is 103 cm³/mol. The third kappa shape index (κ3) is 5.00. The molecule has 1 aromatic heterocycles. The van der Waals surface area contributed by atoms with Crippen LogP contribution in [0.3, 0.4) is 0 Å². The molecule has 160 valence electrons.